The maximum absolute atomic E-state index is 13.5. The molecule has 0 spiro atoms. The van der Waals surface area contributed by atoms with E-state index < -0.39 is 18.1 Å². The maximum atomic E-state index is 13.5. The standard InChI is InChI=1S/C29H27FN8O3.CO2/c1-36(17-18-8-10-19(41-2)11-9-18)23-15-25(33-21-6-5-13-37(29(21)40)26-7-3-4-12-31-26)35-38-24(16-32-27(23)38)28(39)34-22-14-20(22)30;2-1-3/h3-13,15-16,20,22H,14,17H2,1-2H3,(H,33,35)(H,34,39);/t20-,22+;/m0./s1. The van der Waals surface area contributed by atoms with Gasteiger partial charge >= 0.3 is 6.15 Å². The number of nitrogens with one attached hydrogen (secondary N) is 2. The van der Waals surface area contributed by atoms with Gasteiger partial charge in [-0.05, 0) is 42.0 Å². The van der Waals surface area contributed by atoms with Gasteiger partial charge in [-0.1, -0.05) is 18.2 Å². The van der Waals surface area contributed by atoms with Crippen LogP contribution < -0.4 is 25.8 Å². The van der Waals surface area contributed by atoms with Crippen molar-refractivity contribution in [3.05, 3.63) is 101 Å². The highest BCUT2D eigenvalue weighted by atomic mass is 19.1. The lowest BCUT2D eigenvalue weighted by molar-refractivity contribution is -0.191. The highest BCUT2D eigenvalue weighted by Crippen LogP contribution is 2.28. The van der Waals surface area contributed by atoms with Crippen molar-refractivity contribution in [2.45, 2.75) is 25.2 Å². The third kappa shape index (κ3) is 6.45. The highest BCUT2D eigenvalue weighted by Gasteiger charge is 2.39. The molecule has 5 aromatic rings. The van der Waals surface area contributed by atoms with E-state index >= 15 is 0 Å². The van der Waals surface area contributed by atoms with Crippen molar-refractivity contribution in [2.75, 3.05) is 24.4 Å². The first-order valence-electron chi connectivity index (χ1n) is 13.4. The van der Waals surface area contributed by atoms with Crippen LogP contribution >= 0.6 is 0 Å². The SMILES string of the molecule is COc1ccc(CN(C)c2cc(Nc3cccn(-c4ccccn4)c3=O)nn3c(C(=O)N[C@@H]4C[C@@H]4F)cnc23)cc1.O=C=O. The fourth-order valence-corrected chi connectivity index (χ4v) is 4.50. The molecule has 1 amide bonds. The molecule has 0 unspecified atom stereocenters. The molecule has 2 N–H and O–H groups in total. The Kier molecular flexibility index (Phi) is 8.72. The van der Waals surface area contributed by atoms with Crippen molar-refractivity contribution in [3.63, 3.8) is 0 Å². The minimum atomic E-state index is -1.05. The number of aromatic nitrogens is 5. The van der Waals surface area contributed by atoms with Crippen molar-refractivity contribution in [1.29, 1.82) is 0 Å². The highest BCUT2D eigenvalue weighted by molar-refractivity contribution is 5.94. The third-order valence-corrected chi connectivity index (χ3v) is 6.81. The summed E-state index contributed by atoms with van der Waals surface area (Å²) in [6.07, 6.45) is 4.15. The molecule has 0 bridgehead atoms. The minimum absolute atomic E-state index is 0.154. The van der Waals surface area contributed by atoms with E-state index in [1.165, 1.54) is 15.3 Å². The number of carbonyl (C=O) groups is 1. The number of ether oxygens (including phenoxy) is 1. The number of carbonyl (C=O) groups excluding carboxylic acids is 3. The number of methoxy groups -OCH3 is 1. The number of halogens is 1. The first kappa shape index (κ1) is 29.6. The number of alkyl halides is 1. The van der Waals surface area contributed by atoms with Crippen molar-refractivity contribution < 1.29 is 23.5 Å². The number of pyridine rings is 2. The number of anilines is 3. The van der Waals surface area contributed by atoms with Crippen LogP contribution in [0.25, 0.3) is 11.5 Å². The molecule has 4 heterocycles. The van der Waals surface area contributed by atoms with Gasteiger partial charge in [-0.25, -0.2) is 18.9 Å². The number of rotatable bonds is 9. The Labute approximate surface area is 249 Å². The topological polar surface area (TPSA) is 153 Å². The number of amides is 1. The van der Waals surface area contributed by atoms with Gasteiger partial charge in [-0.2, -0.15) is 9.59 Å². The van der Waals surface area contributed by atoms with Gasteiger partial charge in [0.25, 0.3) is 11.5 Å². The van der Waals surface area contributed by atoms with E-state index in [9.17, 15) is 14.0 Å². The Morgan fingerprint density at radius 2 is 1.89 bits per heavy atom. The smallest absolute Gasteiger partial charge is 0.373 e. The first-order chi connectivity index (χ1) is 21.3. The minimum Gasteiger partial charge on any atom is -0.497 e. The van der Waals surface area contributed by atoms with Crippen molar-refractivity contribution in [3.8, 4) is 11.6 Å². The van der Waals surface area contributed by atoms with Gasteiger partial charge in [-0.15, -0.1) is 5.10 Å². The van der Waals surface area contributed by atoms with E-state index in [-0.39, 0.29) is 29.5 Å². The van der Waals surface area contributed by atoms with Gasteiger partial charge in [0, 0.05) is 38.5 Å². The van der Waals surface area contributed by atoms with Crippen LogP contribution in [0.15, 0.2) is 84.0 Å². The van der Waals surface area contributed by atoms with Crippen LogP contribution in [-0.2, 0) is 16.1 Å². The molecule has 0 aliphatic heterocycles. The average molecular weight is 599 g/mol. The van der Waals surface area contributed by atoms with Crippen molar-refractivity contribution >= 4 is 34.9 Å². The monoisotopic (exact) mass is 598 g/mol. The number of fused-ring (bicyclic) bond motifs is 1. The van der Waals surface area contributed by atoms with Gasteiger partial charge in [0.2, 0.25) is 0 Å². The quantitative estimate of drug-likeness (QED) is 0.259. The summed E-state index contributed by atoms with van der Waals surface area (Å²) in [5, 5.41) is 10.4. The van der Waals surface area contributed by atoms with E-state index in [1.807, 2.05) is 36.2 Å². The maximum Gasteiger partial charge on any atom is 0.373 e. The zero-order chi connectivity index (χ0) is 31.2. The van der Waals surface area contributed by atoms with Gasteiger partial charge in [0.1, 0.15) is 23.4 Å². The first-order valence-corrected chi connectivity index (χ1v) is 13.4. The summed E-state index contributed by atoms with van der Waals surface area (Å²) in [6, 6.07) is 17.6. The summed E-state index contributed by atoms with van der Waals surface area (Å²) >= 11 is 0. The summed E-state index contributed by atoms with van der Waals surface area (Å²) in [5.41, 5.74) is 2.20. The molecular weight excluding hydrogens is 571 g/mol. The van der Waals surface area contributed by atoms with E-state index in [0.29, 0.717) is 29.5 Å². The molecule has 1 saturated carbocycles. The van der Waals surface area contributed by atoms with E-state index in [1.54, 1.807) is 55.9 Å². The normalized spacial score (nSPS) is 15.0. The summed E-state index contributed by atoms with van der Waals surface area (Å²) in [4.78, 5) is 53.3. The Morgan fingerprint density at radius 3 is 2.55 bits per heavy atom. The van der Waals surface area contributed by atoms with E-state index in [4.69, 9.17) is 14.3 Å². The number of hydrogen-bond donors (Lipinski definition) is 2. The molecule has 0 saturated heterocycles. The zero-order valence-electron chi connectivity index (χ0n) is 23.7. The van der Waals surface area contributed by atoms with Gasteiger partial charge in [0.15, 0.2) is 17.2 Å². The molecule has 4 aromatic heterocycles. The molecule has 1 aliphatic carbocycles. The molecule has 1 fully saturated rings. The number of benzene rings is 1. The Bertz CT molecular complexity index is 1870. The second-order valence-corrected chi connectivity index (χ2v) is 9.82. The summed E-state index contributed by atoms with van der Waals surface area (Å²) in [5.74, 6) is 1.06. The van der Waals surface area contributed by atoms with Gasteiger partial charge < -0.3 is 20.3 Å². The second kappa shape index (κ2) is 13.0. The predicted molar refractivity (Wildman–Crippen MR) is 157 cm³/mol. The summed E-state index contributed by atoms with van der Waals surface area (Å²) in [6.45, 7) is 0.515. The van der Waals surface area contributed by atoms with Gasteiger partial charge in [0.05, 0.1) is 25.0 Å². The van der Waals surface area contributed by atoms with Crippen LogP contribution in [0.5, 0.6) is 5.75 Å². The Balaban J connectivity index is 0.00000123. The Morgan fingerprint density at radius 1 is 1.14 bits per heavy atom. The molecule has 2 atom stereocenters. The van der Waals surface area contributed by atoms with E-state index in [0.717, 1.165) is 11.3 Å². The van der Waals surface area contributed by atoms with Crippen LogP contribution in [0.2, 0.25) is 0 Å². The number of imidazole rings is 1. The molecule has 44 heavy (non-hydrogen) atoms. The van der Waals surface area contributed by atoms with Crippen molar-refractivity contribution in [1.82, 2.24) is 29.5 Å². The molecular formula is C30H27FN8O5. The number of nitrogens with zero attached hydrogens (tertiary/aromatic N) is 6. The molecule has 0 radical (unpaired) electrons. The largest absolute Gasteiger partial charge is 0.497 e. The van der Waals surface area contributed by atoms with Crippen LogP contribution in [0.3, 0.4) is 0 Å². The fourth-order valence-electron chi connectivity index (χ4n) is 4.50. The molecule has 6 rings (SSSR count). The third-order valence-electron chi connectivity index (χ3n) is 6.81. The second-order valence-electron chi connectivity index (χ2n) is 9.82. The molecule has 13 nitrogen and oxygen atoms in total. The lowest BCUT2D eigenvalue weighted by atomic mass is 10.2. The predicted octanol–water partition coefficient (Wildman–Crippen LogP) is 2.92. The molecule has 224 valence electrons. The molecule has 1 aromatic carbocycles. The van der Waals surface area contributed by atoms with E-state index in [2.05, 4.69) is 25.7 Å². The van der Waals surface area contributed by atoms with Gasteiger partial charge in [-0.3, -0.25) is 14.2 Å². The molecule has 1 aliphatic rings. The molecule has 14 heteroatoms. The van der Waals surface area contributed by atoms with Crippen LogP contribution in [0.1, 0.15) is 22.5 Å². The lowest BCUT2D eigenvalue weighted by Gasteiger charge is -2.21. The summed E-state index contributed by atoms with van der Waals surface area (Å²) in [7, 11) is 3.51. The van der Waals surface area contributed by atoms with Crippen LogP contribution in [0, 0.1) is 0 Å². The fraction of sp³-hybridized carbons (Fsp3) is 0.200. The number of hydrogen-bond acceptors (Lipinski definition) is 10. The Hall–Kier alpha value is -5.88. The van der Waals surface area contributed by atoms with Crippen LogP contribution in [0.4, 0.5) is 21.6 Å². The lowest BCUT2D eigenvalue weighted by Crippen LogP contribution is -2.28. The zero-order valence-corrected chi connectivity index (χ0v) is 23.7. The summed E-state index contributed by atoms with van der Waals surface area (Å²) < 4.78 is 21.6. The van der Waals surface area contributed by atoms with Crippen LogP contribution in [-0.4, -0.2) is 62.6 Å². The van der Waals surface area contributed by atoms with Crippen molar-refractivity contribution in [2.24, 2.45) is 0 Å². The average Bonchev–Trinajstić information content (AvgIpc) is 3.55.